The highest BCUT2D eigenvalue weighted by Gasteiger charge is 2.22. The number of thiazole rings is 1. The van der Waals surface area contributed by atoms with Crippen molar-refractivity contribution in [3.63, 3.8) is 0 Å². The lowest BCUT2D eigenvalue weighted by molar-refractivity contribution is 0.135. The van der Waals surface area contributed by atoms with Gasteiger partial charge in [-0.05, 0) is 38.3 Å². The summed E-state index contributed by atoms with van der Waals surface area (Å²) in [4.78, 5) is 7.35. The summed E-state index contributed by atoms with van der Waals surface area (Å²) in [5.41, 5.74) is 1.27. The van der Waals surface area contributed by atoms with E-state index in [1.54, 1.807) is 0 Å². The van der Waals surface area contributed by atoms with E-state index in [2.05, 4.69) is 36.4 Å². The van der Waals surface area contributed by atoms with E-state index in [1.807, 2.05) is 11.3 Å². The molecule has 1 aliphatic heterocycles. The van der Waals surface area contributed by atoms with E-state index < -0.39 is 0 Å². The molecule has 0 aliphatic carbocycles. The molecule has 1 aromatic heterocycles. The highest BCUT2D eigenvalue weighted by atomic mass is 32.1. The van der Waals surface area contributed by atoms with Crippen LogP contribution >= 0.6 is 11.3 Å². The number of piperidine rings is 1. The molecule has 0 aromatic carbocycles. The minimum absolute atomic E-state index is 0.689. The molecule has 1 aromatic rings. The van der Waals surface area contributed by atoms with Crippen LogP contribution in [0.3, 0.4) is 0 Å². The van der Waals surface area contributed by atoms with Crippen molar-refractivity contribution in [1.29, 1.82) is 0 Å². The maximum absolute atomic E-state index is 4.72. The van der Waals surface area contributed by atoms with E-state index in [4.69, 9.17) is 4.98 Å². The lowest BCUT2D eigenvalue weighted by Gasteiger charge is -2.35. The Bertz CT molecular complexity index is 389. The van der Waals surface area contributed by atoms with Crippen LogP contribution in [-0.4, -0.2) is 35.6 Å². The van der Waals surface area contributed by atoms with E-state index in [9.17, 15) is 0 Å². The van der Waals surface area contributed by atoms with Gasteiger partial charge in [0.2, 0.25) is 0 Å². The van der Waals surface area contributed by atoms with Gasteiger partial charge in [0, 0.05) is 24.5 Å². The van der Waals surface area contributed by atoms with Gasteiger partial charge in [-0.3, -0.25) is 4.90 Å². The normalized spacial score (nSPS) is 20.7. The molecule has 3 nitrogen and oxygen atoms in total. The largest absolute Gasteiger partial charge is 0.315 e. The molecule has 1 unspecified atom stereocenters. The molecule has 4 heteroatoms. The summed E-state index contributed by atoms with van der Waals surface area (Å²) in [6, 6.07) is 0.689. The van der Waals surface area contributed by atoms with Crippen molar-refractivity contribution < 1.29 is 0 Å². The van der Waals surface area contributed by atoms with Crippen LogP contribution in [0.15, 0.2) is 5.38 Å². The summed E-state index contributed by atoms with van der Waals surface area (Å²) in [6.45, 7) is 11.2. The van der Waals surface area contributed by atoms with Gasteiger partial charge in [-0.2, -0.15) is 0 Å². The van der Waals surface area contributed by atoms with Gasteiger partial charge in [0.05, 0.1) is 10.7 Å². The Hall–Kier alpha value is -0.450. The Balaban J connectivity index is 1.85. The van der Waals surface area contributed by atoms with Crippen molar-refractivity contribution in [3.05, 3.63) is 16.1 Å². The van der Waals surface area contributed by atoms with Gasteiger partial charge in [0.1, 0.15) is 0 Å². The van der Waals surface area contributed by atoms with Gasteiger partial charge in [0.25, 0.3) is 0 Å². The molecule has 1 atom stereocenters. The number of aromatic nitrogens is 1. The van der Waals surface area contributed by atoms with Crippen molar-refractivity contribution in [2.75, 3.05) is 19.6 Å². The molecule has 0 bridgehead atoms. The fraction of sp³-hybridized carbons (Fsp3) is 0.812. The Morgan fingerprint density at radius 1 is 1.45 bits per heavy atom. The average molecular weight is 295 g/mol. The Labute approximate surface area is 127 Å². The number of likely N-dealkylation sites (tertiary alicyclic amines) is 1. The Kier molecular flexibility index (Phi) is 6.46. The second-order valence-electron chi connectivity index (χ2n) is 6.26. The summed E-state index contributed by atoms with van der Waals surface area (Å²) >= 11 is 1.81. The summed E-state index contributed by atoms with van der Waals surface area (Å²) in [5.74, 6) is 0.734. The van der Waals surface area contributed by atoms with Gasteiger partial charge in [-0.15, -0.1) is 11.3 Å². The van der Waals surface area contributed by atoms with Crippen LogP contribution in [0.1, 0.15) is 50.7 Å². The zero-order valence-corrected chi connectivity index (χ0v) is 14.0. The molecule has 20 heavy (non-hydrogen) atoms. The summed E-state index contributed by atoms with van der Waals surface area (Å²) in [5, 5.41) is 7.14. The fourth-order valence-electron chi connectivity index (χ4n) is 2.83. The fourth-order valence-corrected chi connectivity index (χ4v) is 3.57. The molecule has 2 heterocycles. The quantitative estimate of drug-likeness (QED) is 0.836. The number of hydrogen-bond donors (Lipinski definition) is 1. The van der Waals surface area contributed by atoms with Gasteiger partial charge in [-0.25, -0.2) is 4.98 Å². The minimum Gasteiger partial charge on any atom is -0.315 e. The molecule has 2 rings (SSSR count). The predicted molar refractivity (Wildman–Crippen MR) is 87.2 cm³/mol. The molecule has 0 radical (unpaired) electrons. The standard InChI is InChI=1S/C16H29N3S/c1-4-16-18-14(12-20-16)11-19-8-6-5-7-15(19)10-17-9-13(2)3/h12-13,15,17H,4-11H2,1-3H3. The first-order chi connectivity index (χ1) is 9.69. The van der Waals surface area contributed by atoms with Gasteiger partial charge < -0.3 is 5.32 Å². The highest BCUT2D eigenvalue weighted by Crippen LogP contribution is 2.20. The molecule has 1 fully saturated rings. The molecule has 114 valence electrons. The number of aryl methyl sites for hydroxylation is 1. The van der Waals surface area contributed by atoms with E-state index >= 15 is 0 Å². The van der Waals surface area contributed by atoms with E-state index in [0.717, 1.165) is 32.0 Å². The zero-order valence-electron chi connectivity index (χ0n) is 13.2. The lowest BCUT2D eigenvalue weighted by atomic mass is 10.0. The van der Waals surface area contributed by atoms with Crippen LogP contribution < -0.4 is 5.32 Å². The van der Waals surface area contributed by atoms with Crippen LogP contribution in [0, 0.1) is 5.92 Å². The van der Waals surface area contributed by atoms with Gasteiger partial charge in [-0.1, -0.05) is 27.2 Å². The third-order valence-corrected chi connectivity index (χ3v) is 4.99. The first kappa shape index (κ1) is 15.9. The van der Waals surface area contributed by atoms with Crippen molar-refractivity contribution in [1.82, 2.24) is 15.2 Å². The van der Waals surface area contributed by atoms with Crippen molar-refractivity contribution in [2.45, 2.75) is 59.0 Å². The molecule has 1 saturated heterocycles. The second-order valence-corrected chi connectivity index (χ2v) is 7.20. The Morgan fingerprint density at radius 2 is 2.30 bits per heavy atom. The number of rotatable bonds is 7. The maximum Gasteiger partial charge on any atom is 0.0926 e. The van der Waals surface area contributed by atoms with E-state index in [0.29, 0.717) is 6.04 Å². The monoisotopic (exact) mass is 295 g/mol. The van der Waals surface area contributed by atoms with Crippen LogP contribution in [0.2, 0.25) is 0 Å². The second kappa shape index (κ2) is 8.11. The summed E-state index contributed by atoms with van der Waals surface area (Å²) < 4.78 is 0. The predicted octanol–water partition coefficient (Wildman–Crippen LogP) is 3.31. The minimum atomic E-state index is 0.689. The maximum atomic E-state index is 4.72. The average Bonchev–Trinajstić information content (AvgIpc) is 2.88. The third-order valence-electron chi connectivity index (χ3n) is 3.95. The van der Waals surface area contributed by atoms with Crippen LogP contribution in [-0.2, 0) is 13.0 Å². The number of nitrogens with zero attached hydrogens (tertiary/aromatic N) is 2. The number of nitrogens with one attached hydrogen (secondary N) is 1. The zero-order chi connectivity index (χ0) is 14.4. The van der Waals surface area contributed by atoms with Gasteiger partial charge in [0.15, 0.2) is 0 Å². The molecular weight excluding hydrogens is 266 g/mol. The number of hydrogen-bond acceptors (Lipinski definition) is 4. The SMILES string of the molecule is CCc1nc(CN2CCCCC2CNCC(C)C)cs1. The van der Waals surface area contributed by atoms with Crippen LogP contribution in [0.4, 0.5) is 0 Å². The van der Waals surface area contributed by atoms with E-state index in [1.165, 1.54) is 36.5 Å². The van der Waals surface area contributed by atoms with Crippen LogP contribution in [0.25, 0.3) is 0 Å². The van der Waals surface area contributed by atoms with Crippen molar-refractivity contribution in [2.24, 2.45) is 5.92 Å². The summed E-state index contributed by atoms with van der Waals surface area (Å²) in [6.07, 6.45) is 5.10. The molecule has 1 N–H and O–H groups in total. The molecular formula is C16H29N3S. The molecule has 0 spiro atoms. The summed E-state index contributed by atoms with van der Waals surface area (Å²) in [7, 11) is 0. The first-order valence-corrected chi connectivity index (χ1v) is 8.95. The topological polar surface area (TPSA) is 28.2 Å². The smallest absolute Gasteiger partial charge is 0.0926 e. The third kappa shape index (κ3) is 4.83. The van der Waals surface area contributed by atoms with Gasteiger partial charge >= 0.3 is 0 Å². The molecule has 0 amide bonds. The molecule has 1 aliphatic rings. The lowest BCUT2D eigenvalue weighted by Crippen LogP contribution is -2.45. The Morgan fingerprint density at radius 3 is 3.00 bits per heavy atom. The van der Waals surface area contributed by atoms with Crippen molar-refractivity contribution in [3.8, 4) is 0 Å². The molecule has 0 saturated carbocycles. The van der Waals surface area contributed by atoms with E-state index in [-0.39, 0.29) is 0 Å². The van der Waals surface area contributed by atoms with Crippen LogP contribution in [0.5, 0.6) is 0 Å². The van der Waals surface area contributed by atoms with Crippen molar-refractivity contribution >= 4 is 11.3 Å². The first-order valence-electron chi connectivity index (χ1n) is 8.07. The highest BCUT2D eigenvalue weighted by molar-refractivity contribution is 7.09.